The van der Waals surface area contributed by atoms with E-state index in [4.69, 9.17) is 4.74 Å². The Morgan fingerprint density at radius 1 is 1.23 bits per heavy atom. The summed E-state index contributed by atoms with van der Waals surface area (Å²) in [6.07, 6.45) is 0.951. The summed E-state index contributed by atoms with van der Waals surface area (Å²) in [6, 6.07) is 7.78. The first-order chi connectivity index (χ1) is 10.7. The van der Waals surface area contributed by atoms with Crippen LogP contribution in [0.5, 0.6) is 0 Å². The molecule has 0 unspecified atom stereocenters. The number of rotatable bonds is 4. The lowest BCUT2D eigenvalue weighted by atomic mass is 10.2. The summed E-state index contributed by atoms with van der Waals surface area (Å²) >= 11 is 0. The van der Waals surface area contributed by atoms with Crippen molar-refractivity contribution >= 4 is 11.8 Å². The van der Waals surface area contributed by atoms with E-state index in [1.807, 2.05) is 29.2 Å². The third-order valence-corrected chi connectivity index (χ3v) is 3.68. The summed E-state index contributed by atoms with van der Waals surface area (Å²) in [5, 5.41) is 17.9. The molecule has 0 aliphatic carbocycles. The first-order valence-electron chi connectivity index (χ1n) is 7.31. The highest BCUT2D eigenvalue weighted by Crippen LogP contribution is 2.19. The van der Waals surface area contributed by atoms with E-state index in [1.54, 1.807) is 0 Å². The zero-order chi connectivity index (χ0) is 15.5. The topological polar surface area (TPSA) is 80.5 Å². The zero-order valence-electron chi connectivity index (χ0n) is 12.4. The molecule has 0 amide bonds. The highest BCUT2D eigenvalue weighted by atomic mass is 16.5. The Labute approximate surface area is 128 Å². The maximum atomic E-state index is 11.4. The van der Waals surface area contributed by atoms with Gasteiger partial charge in [0.1, 0.15) is 0 Å². The van der Waals surface area contributed by atoms with Gasteiger partial charge in [-0.05, 0) is 24.1 Å². The third-order valence-electron chi connectivity index (χ3n) is 3.68. The minimum Gasteiger partial charge on any atom is -0.476 e. The van der Waals surface area contributed by atoms with E-state index < -0.39 is 5.97 Å². The van der Waals surface area contributed by atoms with E-state index in [9.17, 15) is 9.90 Å². The molecule has 0 spiro atoms. The molecule has 2 heterocycles. The summed E-state index contributed by atoms with van der Waals surface area (Å²) in [4.78, 5) is 14.7. The van der Waals surface area contributed by atoms with E-state index in [-0.39, 0.29) is 5.69 Å². The molecule has 0 radical (unpaired) electrons. The van der Waals surface area contributed by atoms with Crippen LogP contribution in [-0.2, 0) is 11.2 Å². The monoisotopic (exact) mass is 302 g/mol. The minimum atomic E-state index is -1.07. The van der Waals surface area contributed by atoms with Crippen molar-refractivity contribution in [2.75, 3.05) is 31.2 Å². The Kier molecular flexibility index (Phi) is 4.06. The highest BCUT2D eigenvalue weighted by Gasteiger charge is 2.24. The van der Waals surface area contributed by atoms with Gasteiger partial charge in [0.05, 0.1) is 18.9 Å². The average Bonchev–Trinajstić information content (AvgIpc) is 3.01. The van der Waals surface area contributed by atoms with Gasteiger partial charge in [0, 0.05) is 13.1 Å². The van der Waals surface area contributed by atoms with Crippen LogP contribution in [0.2, 0.25) is 0 Å². The number of morpholine rings is 1. The number of ether oxygens (including phenoxy) is 1. The largest absolute Gasteiger partial charge is 0.476 e. The number of aryl methyl sites for hydroxylation is 1. The first-order valence-corrected chi connectivity index (χ1v) is 7.31. The van der Waals surface area contributed by atoms with Crippen LogP contribution in [-0.4, -0.2) is 52.4 Å². The predicted molar refractivity (Wildman–Crippen MR) is 80.7 cm³/mol. The molecule has 1 saturated heterocycles. The number of anilines is 1. The number of hydrogen-bond acceptors (Lipinski definition) is 5. The van der Waals surface area contributed by atoms with Gasteiger partial charge < -0.3 is 14.7 Å². The molecule has 2 aromatic rings. The summed E-state index contributed by atoms with van der Waals surface area (Å²) < 4.78 is 5.29. The van der Waals surface area contributed by atoms with E-state index >= 15 is 0 Å². The van der Waals surface area contributed by atoms with Crippen molar-refractivity contribution in [2.45, 2.75) is 13.3 Å². The molecule has 1 aromatic heterocycles. The lowest BCUT2D eigenvalue weighted by Gasteiger charge is -2.26. The van der Waals surface area contributed by atoms with E-state index in [1.165, 1.54) is 10.4 Å². The third kappa shape index (κ3) is 2.80. The number of carboxylic acid groups (broad SMARTS) is 1. The summed E-state index contributed by atoms with van der Waals surface area (Å²) in [5.74, 6) is -0.673. The maximum Gasteiger partial charge on any atom is 0.360 e. The van der Waals surface area contributed by atoms with E-state index in [0.29, 0.717) is 32.1 Å². The number of carbonyl (C=O) groups is 1. The van der Waals surface area contributed by atoms with Crippen molar-refractivity contribution in [1.82, 2.24) is 15.0 Å². The van der Waals surface area contributed by atoms with Gasteiger partial charge in [-0.25, -0.2) is 4.79 Å². The van der Waals surface area contributed by atoms with E-state index in [0.717, 1.165) is 12.1 Å². The molecule has 22 heavy (non-hydrogen) atoms. The van der Waals surface area contributed by atoms with Gasteiger partial charge in [-0.1, -0.05) is 19.1 Å². The second-order valence-corrected chi connectivity index (χ2v) is 5.09. The van der Waals surface area contributed by atoms with Gasteiger partial charge in [-0.15, -0.1) is 15.0 Å². The second-order valence-electron chi connectivity index (χ2n) is 5.09. The number of nitrogens with zero attached hydrogens (tertiary/aromatic N) is 4. The number of aromatic nitrogens is 3. The van der Waals surface area contributed by atoms with Crippen LogP contribution in [0.25, 0.3) is 5.69 Å². The van der Waals surface area contributed by atoms with Gasteiger partial charge in [-0.2, -0.15) is 0 Å². The summed E-state index contributed by atoms with van der Waals surface area (Å²) in [5.41, 5.74) is 1.93. The van der Waals surface area contributed by atoms with E-state index in [2.05, 4.69) is 17.1 Å². The molecule has 1 aliphatic heterocycles. The average molecular weight is 302 g/mol. The van der Waals surface area contributed by atoms with Gasteiger partial charge in [0.25, 0.3) is 0 Å². The molecule has 3 rings (SSSR count). The second kappa shape index (κ2) is 6.15. The van der Waals surface area contributed by atoms with Crippen LogP contribution in [0.1, 0.15) is 23.0 Å². The Balaban J connectivity index is 1.96. The molecule has 1 N–H and O–H groups in total. The van der Waals surface area contributed by atoms with Crippen LogP contribution < -0.4 is 4.90 Å². The van der Waals surface area contributed by atoms with Crippen molar-refractivity contribution in [2.24, 2.45) is 0 Å². The van der Waals surface area contributed by atoms with Crippen molar-refractivity contribution in [3.05, 3.63) is 35.5 Å². The number of benzene rings is 1. The van der Waals surface area contributed by atoms with Crippen molar-refractivity contribution in [3.63, 3.8) is 0 Å². The van der Waals surface area contributed by atoms with Crippen LogP contribution >= 0.6 is 0 Å². The molecule has 0 atom stereocenters. The number of hydrogen-bond donors (Lipinski definition) is 1. The Morgan fingerprint density at radius 2 is 1.91 bits per heavy atom. The lowest BCUT2D eigenvalue weighted by Crippen LogP contribution is -2.37. The van der Waals surface area contributed by atoms with Gasteiger partial charge in [-0.3, -0.25) is 0 Å². The Hall–Kier alpha value is -2.41. The molecule has 0 bridgehead atoms. The van der Waals surface area contributed by atoms with Crippen LogP contribution in [0.3, 0.4) is 0 Å². The molecule has 1 fully saturated rings. The quantitative estimate of drug-likeness (QED) is 0.918. The van der Waals surface area contributed by atoms with Crippen molar-refractivity contribution in [1.29, 1.82) is 0 Å². The highest BCUT2D eigenvalue weighted by molar-refractivity contribution is 5.91. The minimum absolute atomic E-state index is 0.0264. The summed E-state index contributed by atoms with van der Waals surface area (Å²) in [7, 11) is 0. The molecular formula is C15H18N4O3. The molecule has 116 valence electrons. The standard InChI is InChI=1S/C15H18N4O3/c1-2-11-3-5-12(6-4-11)19-16-13(15(20)21)14(17-19)18-7-9-22-10-8-18/h3-6H,2,7-10H2,1H3,(H,20,21). The molecule has 1 aliphatic rings. The SMILES string of the molecule is CCc1ccc(-n2nc(C(=O)O)c(N3CCOCC3)n2)cc1. The molecule has 7 heteroatoms. The van der Waals surface area contributed by atoms with Crippen molar-refractivity contribution < 1.29 is 14.6 Å². The predicted octanol–water partition coefficient (Wildman–Crippen LogP) is 1.36. The maximum absolute atomic E-state index is 11.4. The fraction of sp³-hybridized carbons (Fsp3) is 0.400. The van der Waals surface area contributed by atoms with Gasteiger partial charge >= 0.3 is 5.97 Å². The molecule has 7 nitrogen and oxygen atoms in total. The fourth-order valence-electron chi connectivity index (χ4n) is 2.41. The molecular weight excluding hydrogens is 284 g/mol. The van der Waals surface area contributed by atoms with Crippen LogP contribution in [0.15, 0.2) is 24.3 Å². The lowest BCUT2D eigenvalue weighted by molar-refractivity contribution is 0.0689. The smallest absolute Gasteiger partial charge is 0.360 e. The van der Waals surface area contributed by atoms with Crippen LogP contribution in [0.4, 0.5) is 5.82 Å². The van der Waals surface area contributed by atoms with Gasteiger partial charge in [0.2, 0.25) is 5.69 Å². The normalized spacial score (nSPS) is 15.0. The zero-order valence-corrected chi connectivity index (χ0v) is 12.4. The Bertz CT molecular complexity index is 660. The first kappa shape index (κ1) is 14.5. The number of aromatic carboxylic acids is 1. The fourth-order valence-corrected chi connectivity index (χ4v) is 2.41. The summed E-state index contributed by atoms with van der Waals surface area (Å²) in [6.45, 7) is 4.45. The van der Waals surface area contributed by atoms with Gasteiger partial charge in [0.15, 0.2) is 5.82 Å². The van der Waals surface area contributed by atoms with Crippen LogP contribution in [0, 0.1) is 0 Å². The van der Waals surface area contributed by atoms with Crippen molar-refractivity contribution in [3.8, 4) is 5.69 Å². The molecule has 0 saturated carbocycles. The Morgan fingerprint density at radius 3 is 2.50 bits per heavy atom. The number of carboxylic acids is 1. The molecule has 1 aromatic carbocycles.